The Morgan fingerprint density at radius 3 is 2.39 bits per heavy atom. The molecule has 2 N–H and O–H groups in total. The number of aromatic nitrogens is 1. The lowest BCUT2D eigenvalue weighted by molar-refractivity contribution is 0.674. The van der Waals surface area contributed by atoms with E-state index in [0.29, 0.717) is 0 Å². The van der Waals surface area contributed by atoms with Gasteiger partial charge in [-0.25, -0.2) is 0 Å². The van der Waals surface area contributed by atoms with Gasteiger partial charge in [-0.1, -0.05) is 34.6 Å². The Bertz CT molecular complexity index is 496. The minimum atomic E-state index is 0.0386. The molecule has 2 nitrogen and oxygen atoms in total. The minimum absolute atomic E-state index is 0.0386. The van der Waals surface area contributed by atoms with Crippen molar-refractivity contribution in [1.82, 2.24) is 4.98 Å². The summed E-state index contributed by atoms with van der Waals surface area (Å²) in [5.41, 5.74) is 6.90. The topological polar surface area (TPSA) is 38.9 Å². The van der Waals surface area contributed by atoms with Crippen molar-refractivity contribution in [3.63, 3.8) is 0 Å². The monoisotopic (exact) mass is 322 g/mol. The van der Waals surface area contributed by atoms with Crippen LogP contribution in [0.2, 0.25) is 0 Å². The maximum atomic E-state index is 5.94. The molecule has 0 aliphatic heterocycles. The van der Waals surface area contributed by atoms with Gasteiger partial charge in [0.05, 0.1) is 5.69 Å². The summed E-state index contributed by atoms with van der Waals surface area (Å²) in [5.74, 6) is 0. The third-order valence-corrected chi connectivity index (χ3v) is 4.14. The number of nitrogens with two attached hydrogens (primary N) is 1. The number of pyridine rings is 1. The molecule has 0 radical (unpaired) electrons. The van der Waals surface area contributed by atoms with Crippen LogP contribution in [0.3, 0.4) is 0 Å². The Hall–Kier alpha value is -0.840. The molecule has 0 aliphatic rings. The van der Waals surface area contributed by atoms with E-state index in [1.807, 2.05) is 24.4 Å². The Balaban J connectivity index is 2.08. The van der Waals surface area contributed by atoms with E-state index < -0.39 is 0 Å². The number of halogens is 1. The highest BCUT2D eigenvalue weighted by Crippen LogP contribution is 2.28. The molecule has 1 aromatic carbocycles. The van der Waals surface area contributed by atoms with Gasteiger partial charge in [0, 0.05) is 26.5 Å². The predicted octanol–water partition coefficient (Wildman–Crippen LogP) is 4.41. The molecule has 0 amide bonds. The minimum Gasteiger partial charge on any atom is -0.323 e. The average molecular weight is 323 g/mol. The van der Waals surface area contributed by atoms with Gasteiger partial charge < -0.3 is 5.73 Å². The zero-order valence-electron chi connectivity index (χ0n) is 10.1. The second kappa shape index (κ2) is 6.36. The van der Waals surface area contributed by atoms with Gasteiger partial charge in [0.1, 0.15) is 0 Å². The van der Waals surface area contributed by atoms with Gasteiger partial charge in [0.15, 0.2) is 0 Å². The lowest BCUT2D eigenvalue weighted by Crippen LogP contribution is -2.10. The first-order valence-corrected chi connectivity index (χ1v) is 7.45. The normalized spacial score (nSPS) is 12.4. The Kier molecular flexibility index (Phi) is 4.80. The number of benzene rings is 1. The highest BCUT2D eigenvalue weighted by Gasteiger charge is 2.05. The number of rotatable bonds is 4. The van der Waals surface area contributed by atoms with Crippen molar-refractivity contribution in [2.75, 3.05) is 0 Å². The quantitative estimate of drug-likeness (QED) is 0.906. The summed E-state index contributed by atoms with van der Waals surface area (Å²) in [6.45, 7) is 2.07. The molecule has 1 heterocycles. The van der Waals surface area contributed by atoms with Crippen molar-refractivity contribution in [3.05, 3.63) is 52.8 Å². The number of nitrogens with zero attached hydrogens (tertiary/aromatic N) is 1. The van der Waals surface area contributed by atoms with E-state index >= 15 is 0 Å². The summed E-state index contributed by atoms with van der Waals surface area (Å²) in [6.07, 6.45) is 2.80. The van der Waals surface area contributed by atoms with Gasteiger partial charge >= 0.3 is 0 Å². The lowest BCUT2D eigenvalue weighted by atomic mass is 10.1. The molecule has 0 saturated heterocycles. The molecule has 0 bridgehead atoms. The first-order valence-electron chi connectivity index (χ1n) is 5.84. The second-order valence-corrected chi connectivity index (χ2v) is 6.05. The predicted molar refractivity (Wildman–Crippen MR) is 79.7 cm³/mol. The molecule has 2 aromatic rings. The number of hydrogen-bond acceptors (Lipinski definition) is 3. The Labute approximate surface area is 120 Å². The van der Waals surface area contributed by atoms with Crippen molar-refractivity contribution in [2.45, 2.75) is 29.2 Å². The maximum absolute atomic E-state index is 5.94. The molecule has 4 heteroatoms. The van der Waals surface area contributed by atoms with E-state index in [2.05, 4.69) is 46.0 Å². The van der Waals surface area contributed by atoms with Crippen molar-refractivity contribution in [2.24, 2.45) is 5.73 Å². The van der Waals surface area contributed by atoms with Crippen LogP contribution in [-0.4, -0.2) is 4.98 Å². The summed E-state index contributed by atoms with van der Waals surface area (Å²) in [7, 11) is 0. The molecule has 0 unspecified atom stereocenters. The average Bonchev–Trinajstić information content (AvgIpc) is 2.41. The molecule has 18 heavy (non-hydrogen) atoms. The molecule has 94 valence electrons. The van der Waals surface area contributed by atoms with Gasteiger partial charge in [0.25, 0.3) is 0 Å². The van der Waals surface area contributed by atoms with Crippen molar-refractivity contribution in [1.29, 1.82) is 0 Å². The van der Waals surface area contributed by atoms with Crippen LogP contribution in [0.25, 0.3) is 0 Å². The standard InChI is InChI=1S/C14H15BrN2S/c1-2-13(16)14-8-7-12(9-17-14)18-11-5-3-10(15)4-6-11/h3-9,13H,2,16H2,1H3/t13-/m0/s1. The van der Waals surface area contributed by atoms with E-state index in [1.165, 1.54) is 4.90 Å². The van der Waals surface area contributed by atoms with Crippen LogP contribution in [0.5, 0.6) is 0 Å². The van der Waals surface area contributed by atoms with Crippen LogP contribution >= 0.6 is 27.7 Å². The summed E-state index contributed by atoms with van der Waals surface area (Å²) in [5, 5.41) is 0. The smallest absolute Gasteiger partial charge is 0.0571 e. The molecule has 0 saturated carbocycles. The van der Waals surface area contributed by atoms with Crippen LogP contribution in [0.1, 0.15) is 25.1 Å². The highest BCUT2D eigenvalue weighted by atomic mass is 79.9. The van der Waals surface area contributed by atoms with Crippen molar-refractivity contribution in [3.8, 4) is 0 Å². The second-order valence-electron chi connectivity index (χ2n) is 3.99. The van der Waals surface area contributed by atoms with E-state index in [4.69, 9.17) is 5.73 Å². The lowest BCUT2D eigenvalue weighted by Gasteiger charge is -2.08. The third kappa shape index (κ3) is 3.57. The number of hydrogen-bond donors (Lipinski definition) is 1. The summed E-state index contributed by atoms with van der Waals surface area (Å²) in [4.78, 5) is 6.74. The Morgan fingerprint density at radius 1 is 1.17 bits per heavy atom. The fraction of sp³-hybridized carbons (Fsp3) is 0.214. The van der Waals surface area contributed by atoms with E-state index in [9.17, 15) is 0 Å². The van der Waals surface area contributed by atoms with Crippen molar-refractivity contribution < 1.29 is 0 Å². The fourth-order valence-electron chi connectivity index (χ4n) is 1.52. The van der Waals surface area contributed by atoms with Gasteiger partial charge in [-0.15, -0.1) is 0 Å². The Morgan fingerprint density at radius 2 is 1.83 bits per heavy atom. The molecular formula is C14H15BrN2S. The largest absolute Gasteiger partial charge is 0.323 e. The molecule has 1 aromatic heterocycles. The molecule has 0 fully saturated rings. The first kappa shape index (κ1) is 13.6. The summed E-state index contributed by atoms with van der Waals surface area (Å²) < 4.78 is 1.09. The fourth-order valence-corrected chi connectivity index (χ4v) is 2.57. The zero-order valence-corrected chi connectivity index (χ0v) is 12.5. The van der Waals surface area contributed by atoms with Crippen LogP contribution in [-0.2, 0) is 0 Å². The van der Waals surface area contributed by atoms with E-state index in [1.54, 1.807) is 11.8 Å². The molecule has 0 spiro atoms. The van der Waals surface area contributed by atoms with Gasteiger partial charge in [0.2, 0.25) is 0 Å². The van der Waals surface area contributed by atoms with Crippen LogP contribution in [0, 0.1) is 0 Å². The molecule has 1 atom stereocenters. The first-order chi connectivity index (χ1) is 8.69. The van der Waals surface area contributed by atoms with E-state index in [-0.39, 0.29) is 6.04 Å². The van der Waals surface area contributed by atoms with E-state index in [0.717, 1.165) is 21.5 Å². The van der Waals surface area contributed by atoms with Gasteiger partial charge in [-0.2, -0.15) is 0 Å². The highest BCUT2D eigenvalue weighted by molar-refractivity contribution is 9.10. The third-order valence-electron chi connectivity index (χ3n) is 2.63. The molecule has 0 aliphatic carbocycles. The van der Waals surface area contributed by atoms with Crippen LogP contribution in [0.15, 0.2) is 56.9 Å². The van der Waals surface area contributed by atoms with Crippen LogP contribution in [0.4, 0.5) is 0 Å². The van der Waals surface area contributed by atoms with Gasteiger partial charge in [-0.05, 0) is 42.8 Å². The zero-order chi connectivity index (χ0) is 13.0. The SMILES string of the molecule is CC[C@H](N)c1ccc(Sc2ccc(Br)cc2)cn1. The molecule has 2 rings (SSSR count). The molecular weight excluding hydrogens is 308 g/mol. The summed E-state index contributed by atoms with van der Waals surface area (Å²) in [6, 6.07) is 12.4. The maximum Gasteiger partial charge on any atom is 0.0571 e. The van der Waals surface area contributed by atoms with Crippen LogP contribution < -0.4 is 5.73 Å². The summed E-state index contributed by atoms with van der Waals surface area (Å²) >= 11 is 5.13. The van der Waals surface area contributed by atoms with Crippen molar-refractivity contribution >= 4 is 27.7 Å². The van der Waals surface area contributed by atoms with Gasteiger partial charge in [-0.3, -0.25) is 4.98 Å².